The summed E-state index contributed by atoms with van der Waals surface area (Å²) in [5.41, 5.74) is -1.12. The molecule has 37 heteroatoms. The number of carbonyl (C=O) groups excluding carboxylic acids is 1. The van der Waals surface area contributed by atoms with Crippen LogP contribution in [0.15, 0.2) is 111 Å². The first-order valence-electron chi connectivity index (χ1n) is 23.3. The maximum Gasteiger partial charge on any atom is 0.296 e. The van der Waals surface area contributed by atoms with Gasteiger partial charge in [0, 0.05) is 34.4 Å². The Hall–Kier alpha value is -7.58. The Morgan fingerprint density at radius 3 is 2.05 bits per heavy atom. The second-order valence-electron chi connectivity index (χ2n) is 17.7. The number of aromatic nitrogens is 3. The average molecular weight is 1280 g/mol. The Labute approximate surface area is 478 Å². The molecular weight excluding hydrogens is 1240 g/mol. The predicted molar refractivity (Wildman–Crippen MR) is 299 cm³/mol. The van der Waals surface area contributed by atoms with Gasteiger partial charge in [-0.3, -0.25) is 32.0 Å². The zero-order valence-electron chi connectivity index (χ0n) is 42.6. The van der Waals surface area contributed by atoms with E-state index in [0.717, 1.165) is 64.8 Å². The predicted octanol–water partition coefficient (Wildman–Crippen LogP) is 8.91. The number of aliphatic hydroxyl groups excluding tert-OH is 1. The number of carbonyl (C=O) groups is 1. The monoisotopic (exact) mass is 1280 g/mol. The number of thiazole rings is 1. The van der Waals surface area contributed by atoms with E-state index < -0.39 is 95.2 Å². The van der Waals surface area contributed by atoms with Crippen LogP contribution in [0, 0.1) is 25.2 Å². The molecule has 0 fully saturated rings. The third kappa shape index (κ3) is 14.1. The largest absolute Gasteiger partial charge is 0.493 e. The smallest absolute Gasteiger partial charge is 0.296 e. The number of imidazole rings is 1. The lowest BCUT2D eigenvalue weighted by Crippen LogP contribution is -2.08. The minimum Gasteiger partial charge on any atom is -0.493 e. The number of pyridine rings is 1. The van der Waals surface area contributed by atoms with Crippen molar-refractivity contribution in [1.29, 1.82) is 5.26 Å². The summed E-state index contributed by atoms with van der Waals surface area (Å²) in [6.07, 6.45) is -0.315. The van der Waals surface area contributed by atoms with Crippen molar-refractivity contribution >= 4 is 157 Å². The van der Waals surface area contributed by atoms with Crippen LogP contribution in [0.5, 0.6) is 11.6 Å². The Morgan fingerprint density at radius 2 is 1.41 bits per heavy atom. The molecule has 0 radical (unpaired) electrons. The number of nitrogens with one attached hydrogen (secondary N) is 1. The molecule has 0 saturated carbocycles. The van der Waals surface area contributed by atoms with Crippen LogP contribution in [0.3, 0.4) is 0 Å². The van der Waals surface area contributed by atoms with E-state index in [1.165, 1.54) is 37.3 Å². The molecule has 0 aliphatic rings. The number of amides is 1. The van der Waals surface area contributed by atoms with E-state index in [4.69, 9.17) is 4.74 Å². The second kappa shape index (κ2) is 23.6. The molecule has 0 saturated heterocycles. The fourth-order valence-electron chi connectivity index (χ4n) is 8.04. The molecule has 0 unspecified atom stereocenters. The Balaban J connectivity index is 1.21. The highest BCUT2D eigenvalue weighted by atomic mass is 32.2. The molecule has 8 N–H and O–H groups in total. The van der Waals surface area contributed by atoms with Gasteiger partial charge in [0.1, 0.15) is 39.0 Å². The molecular formula is C46H41N11O19S7. The van der Waals surface area contributed by atoms with Crippen molar-refractivity contribution in [3.63, 3.8) is 0 Å². The van der Waals surface area contributed by atoms with Crippen LogP contribution in [-0.2, 0) is 62.0 Å². The van der Waals surface area contributed by atoms with E-state index in [0.29, 0.717) is 5.56 Å². The molecule has 0 spiro atoms. The Morgan fingerprint density at radius 1 is 0.747 bits per heavy atom. The zero-order valence-corrected chi connectivity index (χ0v) is 48.3. The minimum atomic E-state index is -4.93. The van der Waals surface area contributed by atoms with Gasteiger partial charge in [0.15, 0.2) is 11.3 Å². The van der Waals surface area contributed by atoms with E-state index >= 15 is 0 Å². The summed E-state index contributed by atoms with van der Waals surface area (Å²) < 4.78 is 175. The number of aromatic hydroxyl groups is 1. The van der Waals surface area contributed by atoms with Crippen molar-refractivity contribution in [2.75, 3.05) is 29.2 Å². The van der Waals surface area contributed by atoms with Gasteiger partial charge in [-0.05, 0) is 91.9 Å². The number of aryl methyl sites for hydroxylation is 1. The molecule has 436 valence electrons. The number of aliphatic hydroxyl groups is 1. The summed E-state index contributed by atoms with van der Waals surface area (Å²) in [7, 11) is -23.4. The molecule has 5 aromatic carbocycles. The number of hydrogen-bond acceptors (Lipinski definition) is 25. The highest BCUT2D eigenvalue weighted by molar-refractivity contribution is 7.99. The van der Waals surface area contributed by atoms with Gasteiger partial charge in [0.2, 0.25) is 16.9 Å². The number of hydrogen-bond donors (Lipinski definition) is 8. The van der Waals surface area contributed by atoms with Crippen LogP contribution in [-0.4, -0.2) is 119 Å². The van der Waals surface area contributed by atoms with Gasteiger partial charge in [-0.15, -0.1) is 37.3 Å². The number of fused-ring (bicyclic) bond motifs is 6. The van der Waals surface area contributed by atoms with Crippen molar-refractivity contribution in [3.05, 3.63) is 82.9 Å². The van der Waals surface area contributed by atoms with Gasteiger partial charge < -0.3 is 20.3 Å². The van der Waals surface area contributed by atoms with Crippen LogP contribution < -0.4 is 10.1 Å². The maximum atomic E-state index is 12.5. The molecule has 30 nitrogen and oxygen atoms in total. The van der Waals surface area contributed by atoms with Gasteiger partial charge in [-0.2, -0.15) is 52.5 Å². The van der Waals surface area contributed by atoms with Gasteiger partial charge in [0.25, 0.3) is 50.6 Å². The van der Waals surface area contributed by atoms with Crippen molar-refractivity contribution in [3.8, 4) is 17.7 Å². The lowest BCUT2D eigenvalue weighted by molar-refractivity contribution is -0.114. The first-order chi connectivity index (χ1) is 38.7. The number of ether oxygens (including phenoxy) is 1. The Bertz CT molecular complexity index is 4770. The van der Waals surface area contributed by atoms with Gasteiger partial charge in [0.05, 0.1) is 67.5 Å². The van der Waals surface area contributed by atoms with E-state index in [1.807, 2.05) is 6.07 Å². The van der Waals surface area contributed by atoms with Crippen LogP contribution in [0.4, 0.5) is 39.3 Å². The highest BCUT2D eigenvalue weighted by Crippen LogP contribution is 2.45. The van der Waals surface area contributed by atoms with Gasteiger partial charge >= 0.3 is 0 Å². The van der Waals surface area contributed by atoms with Gasteiger partial charge in [-0.1, -0.05) is 17.4 Å². The lowest BCUT2D eigenvalue weighted by Gasteiger charge is -2.12. The Kier molecular flexibility index (Phi) is 17.5. The first kappa shape index (κ1) is 61.5. The summed E-state index contributed by atoms with van der Waals surface area (Å²) in [5.74, 6) is -2.81. The molecule has 3 aromatic heterocycles. The van der Waals surface area contributed by atoms with Crippen molar-refractivity contribution in [2.24, 2.45) is 30.7 Å². The number of rotatable bonds is 21. The number of nitrogens with zero attached hydrogens (tertiary/aromatic N) is 10. The van der Waals surface area contributed by atoms with Crippen LogP contribution in [0.25, 0.3) is 37.7 Å². The number of nitriles is 1. The molecule has 1 amide bonds. The molecule has 0 aliphatic carbocycles. The molecule has 0 bridgehead atoms. The number of benzene rings is 5. The third-order valence-corrected chi connectivity index (χ3v) is 18.1. The molecule has 8 aromatic rings. The van der Waals surface area contributed by atoms with E-state index in [9.17, 15) is 85.1 Å². The van der Waals surface area contributed by atoms with Crippen LogP contribution in [0.2, 0.25) is 0 Å². The number of anilines is 1. The molecule has 83 heavy (non-hydrogen) atoms. The average Bonchev–Trinajstić information content (AvgIpc) is 2.15. The van der Waals surface area contributed by atoms with E-state index in [2.05, 4.69) is 46.0 Å². The van der Waals surface area contributed by atoms with Crippen molar-refractivity contribution < 1.29 is 84.6 Å². The fourth-order valence-corrected chi connectivity index (χ4v) is 12.9. The topological polar surface area (TPSA) is 479 Å². The fraction of sp³-hybridized carbons (Fsp3) is 0.217. The first-order valence-corrected chi connectivity index (χ1v) is 32.6. The van der Waals surface area contributed by atoms with Crippen LogP contribution >= 0.6 is 23.1 Å². The quantitative estimate of drug-likeness (QED) is 0.0144. The SMILES string of the molecule is CC(=O)Nc1cc(S(=O)(=O)O)cc2c1nc1c(C#N)c(C)c(N=Nc3cc(C)c(N=Nc4cc(CO)c(N=Nc5nc6c(S(=O)(=O)O)cc7ccc(S(=O)(=O)O)cc7c6s5)cc4SCCCS(=O)(=O)O)cc3OCCCS(=O)(=O)O)c(O)n12. The molecule has 0 atom stereocenters. The molecule has 3 heterocycles. The number of azo groups is 3. The van der Waals surface area contributed by atoms with Gasteiger partial charge in [-0.25, -0.2) is 9.97 Å². The maximum absolute atomic E-state index is 12.5. The highest BCUT2D eigenvalue weighted by Gasteiger charge is 2.26. The van der Waals surface area contributed by atoms with Crippen molar-refractivity contribution in [1.82, 2.24) is 14.4 Å². The molecule has 8 rings (SSSR count). The zero-order chi connectivity index (χ0) is 60.7. The third-order valence-electron chi connectivity index (χ3n) is 11.8. The summed E-state index contributed by atoms with van der Waals surface area (Å²) in [6, 6.07) is 13.6. The summed E-state index contributed by atoms with van der Waals surface area (Å²) >= 11 is 1.75. The minimum absolute atomic E-state index is 0.0192. The lowest BCUT2D eigenvalue weighted by atomic mass is 10.1. The van der Waals surface area contributed by atoms with Crippen molar-refractivity contribution in [2.45, 2.75) is 59.8 Å². The van der Waals surface area contributed by atoms with E-state index in [1.54, 1.807) is 6.92 Å². The molecule has 0 aliphatic heterocycles. The standard InChI is InChI=1S/C46H41N11O19S7/c1-22-12-33(53-55-40-23(2)30(20-47)44-49-41-35(48-24(3)59)16-28(82(70,71)72)17-36(41)57(44)45(40)60)37(76-8-4-10-79(61,62)63)18-31(22)51-54-34-13-26(21-58)32(19-38(34)77-9-5-11-80(64,65)66)52-56-46-50-42-39(83(73,74)75)14-25-6-7-27(81(67,68)69)15-29(25)43(42)78-46/h6-7,12-19,58,60H,4-5,8-11,21H2,1-3H3,(H,48,59)(H,61,62,63)(H,64,65,66)(H,67,68,69)(H,70,71,72)(H,73,74,75). The second-order valence-corrected chi connectivity index (χ2v) is 27.2. The van der Waals surface area contributed by atoms with Crippen LogP contribution in [0.1, 0.15) is 42.0 Å². The number of thioether (sulfide) groups is 1. The summed E-state index contributed by atoms with van der Waals surface area (Å²) in [4.78, 5) is 19.1. The van der Waals surface area contributed by atoms with E-state index in [-0.39, 0.29) is 129 Å². The normalized spacial score (nSPS) is 13.0. The summed E-state index contributed by atoms with van der Waals surface area (Å²) in [5, 5.41) is 60.8. The summed E-state index contributed by atoms with van der Waals surface area (Å²) in [6.45, 7) is 3.01.